The highest BCUT2D eigenvalue weighted by molar-refractivity contribution is 5.68. The monoisotopic (exact) mass is 217 g/mol. The van der Waals surface area contributed by atoms with Crippen molar-refractivity contribution in [3.8, 4) is 11.4 Å². The Bertz CT molecular complexity index is 476. The third-order valence-corrected chi connectivity index (χ3v) is 2.16. The van der Waals surface area contributed by atoms with Crippen LogP contribution in [0.5, 0.6) is 5.75 Å². The molecule has 82 valence electrons. The Hall–Kier alpha value is -2.30. The number of rotatable bonds is 4. The molecule has 2 rings (SSSR count). The minimum absolute atomic E-state index is 0.519. The maximum atomic E-state index is 10.2. The van der Waals surface area contributed by atoms with Crippen molar-refractivity contribution in [3.05, 3.63) is 36.8 Å². The highest BCUT2D eigenvalue weighted by Crippen LogP contribution is 2.15. The van der Waals surface area contributed by atoms with Crippen molar-refractivity contribution in [2.24, 2.45) is 0 Å². The van der Waals surface area contributed by atoms with E-state index in [1.807, 2.05) is 28.8 Å². The van der Waals surface area contributed by atoms with Gasteiger partial charge in [0, 0.05) is 5.69 Å². The smallest absolute Gasteiger partial charge is 0.212 e. The number of carbonyl (C=O) groups is 1. The molecule has 0 unspecified atom stereocenters. The summed E-state index contributed by atoms with van der Waals surface area (Å²) in [5.74, 6) is 1.32. The number of nitrogens with one attached hydrogen (secondary N) is 1. The van der Waals surface area contributed by atoms with Crippen molar-refractivity contribution in [2.75, 3.05) is 12.4 Å². The number of anilines is 1. The van der Waals surface area contributed by atoms with Gasteiger partial charge in [-0.2, -0.15) is 0 Å². The van der Waals surface area contributed by atoms with E-state index >= 15 is 0 Å². The second-order valence-corrected chi connectivity index (χ2v) is 3.13. The lowest BCUT2D eigenvalue weighted by Gasteiger charge is -2.03. The van der Waals surface area contributed by atoms with Crippen LogP contribution in [0.15, 0.2) is 36.8 Å². The molecule has 0 saturated carbocycles. The fourth-order valence-corrected chi connectivity index (χ4v) is 1.35. The third-order valence-electron chi connectivity index (χ3n) is 2.16. The molecular formula is C11H11N3O2. The zero-order chi connectivity index (χ0) is 11.4. The van der Waals surface area contributed by atoms with E-state index in [1.165, 1.54) is 0 Å². The number of nitrogens with zero attached hydrogens (tertiary/aromatic N) is 2. The van der Waals surface area contributed by atoms with E-state index < -0.39 is 0 Å². The maximum absolute atomic E-state index is 10.2. The van der Waals surface area contributed by atoms with E-state index in [4.69, 9.17) is 4.74 Å². The van der Waals surface area contributed by atoms with Crippen LogP contribution in [-0.4, -0.2) is 23.1 Å². The minimum atomic E-state index is 0.519. The van der Waals surface area contributed by atoms with Gasteiger partial charge in [0.05, 0.1) is 13.3 Å². The Kier molecular flexibility index (Phi) is 2.86. The van der Waals surface area contributed by atoms with Crippen molar-refractivity contribution in [1.82, 2.24) is 9.55 Å². The van der Waals surface area contributed by atoms with E-state index in [0.29, 0.717) is 12.2 Å². The molecule has 5 nitrogen and oxygen atoms in total. The van der Waals surface area contributed by atoms with Crippen LogP contribution in [0.4, 0.5) is 5.82 Å². The summed E-state index contributed by atoms with van der Waals surface area (Å²) in [5, 5.41) is 2.48. The lowest BCUT2D eigenvalue weighted by Crippen LogP contribution is -1.93. The predicted molar refractivity (Wildman–Crippen MR) is 59.8 cm³/mol. The zero-order valence-corrected chi connectivity index (χ0v) is 8.75. The average molecular weight is 217 g/mol. The second kappa shape index (κ2) is 4.48. The van der Waals surface area contributed by atoms with Gasteiger partial charge in [0.2, 0.25) is 6.41 Å². The van der Waals surface area contributed by atoms with Crippen LogP contribution >= 0.6 is 0 Å². The average Bonchev–Trinajstić information content (AvgIpc) is 2.78. The summed E-state index contributed by atoms with van der Waals surface area (Å²) in [4.78, 5) is 14.2. The first-order chi connectivity index (χ1) is 7.83. The summed E-state index contributed by atoms with van der Waals surface area (Å²) in [5.41, 5.74) is 0.951. The number of carbonyl (C=O) groups excluding carboxylic acids is 1. The summed E-state index contributed by atoms with van der Waals surface area (Å²) in [6, 6.07) is 7.54. The number of hydrogen-bond acceptors (Lipinski definition) is 3. The molecule has 1 heterocycles. The van der Waals surface area contributed by atoms with E-state index in [9.17, 15) is 4.79 Å². The molecule has 1 amide bonds. The predicted octanol–water partition coefficient (Wildman–Crippen LogP) is 1.45. The number of imidazole rings is 1. The van der Waals surface area contributed by atoms with Crippen LogP contribution < -0.4 is 10.1 Å². The molecule has 0 bridgehead atoms. The number of ether oxygens (including phenoxy) is 1. The number of methoxy groups -OCH3 is 1. The SMILES string of the molecule is COc1ccc(-n2cnc(NC=O)c2)cc1. The lowest BCUT2D eigenvalue weighted by atomic mass is 10.3. The van der Waals surface area contributed by atoms with E-state index in [0.717, 1.165) is 11.4 Å². The molecule has 1 aromatic heterocycles. The van der Waals surface area contributed by atoms with Gasteiger partial charge in [-0.1, -0.05) is 0 Å². The van der Waals surface area contributed by atoms with E-state index in [2.05, 4.69) is 10.3 Å². The summed E-state index contributed by atoms with van der Waals surface area (Å²) < 4.78 is 6.88. The lowest BCUT2D eigenvalue weighted by molar-refractivity contribution is -0.105. The summed E-state index contributed by atoms with van der Waals surface area (Å²) in [7, 11) is 1.62. The largest absolute Gasteiger partial charge is 0.497 e. The van der Waals surface area contributed by atoms with Crippen molar-refractivity contribution >= 4 is 12.2 Å². The van der Waals surface area contributed by atoms with Gasteiger partial charge in [-0.3, -0.25) is 4.79 Å². The number of aromatic nitrogens is 2. The van der Waals surface area contributed by atoms with Gasteiger partial charge in [0.1, 0.15) is 12.1 Å². The van der Waals surface area contributed by atoms with Crippen LogP contribution in [0.2, 0.25) is 0 Å². The number of hydrogen-bond donors (Lipinski definition) is 1. The topological polar surface area (TPSA) is 56.1 Å². The van der Waals surface area contributed by atoms with Gasteiger partial charge >= 0.3 is 0 Å². The minimum Gasteiger partial charge on any atom is -0.497 e. The zero-order valence-electron chi connectivity index (χ0n) is 8.75. The Morgan fingerprint density at radius 2 is 2.12 bits per heavy atom. The van der Waals surface area contributed by atoms with Gasteiger partial charge in [-0.05, 0) is 24.3 Å². The molecule has 0 aliphatic heterocycles. The molecule has 0 aliphatic carbocycles. The van der Waals surface area contributed by atoms with Crippen LogP contribution in [0.25, 0.3) is 5.69 Å². The van der Waals surface area contributed by atoms with E-state index in [-0.39, 0.29) is 0 Å². The van der Waals surface area contributed by atoms with E-state index in [1.54, 1.807) is 19.6 Å². The standard InChI is InChI=1S/C11H11N3O2/c1-16-10-4-2-9(3-5-10)14-6-11(12-7-14)13-8-15/h2-8H,1H3,(H,13,15). The fraction of sp³-hybridized carbons (Fsp3) is 0.0909. The van der Waals surface area contributed by atoms with Crippen LogP contribution in [0.1, 0.15) is 0 Å². The quantitative estimate of drug-likeness (QED) is 0.788. The Balaban J connectivity index is 2.24. The van der Waals surface area contributed by atoms with Gasteiger partial charge in [0.15, 0.2) is 5.82 Å². The third kappa shape index (κ3) is 2.03. The molecule has 1 aromatic carbocycles. The van der Waals surface area contributed by atoms with Crippen molar-refractivity contribution in [3.63, 3.8) is 0 Å². The molecule has 0 radical (unpaired) electrons. The van der Waals surface area contributed by atoms with Gasteiger partial charge in [-0.15, -0.1) is 0 Å². The Morgan fingerprint density at radius 3 is 2.75 bits per heavy atom. The first-order valence-corrected chi connectivity index (χ1v) is 4.72. The van der Waals surface area contributed by atoms with Crippen molar-refractivity contribution in [1.29, 1.82) is 0 Å². The van der Waals surface area contributed by atoms with Crippen LogP contribution in [0.3, 0.4) is 0 Å². The molecule has 0 spiro atoms. The molecular weight excluding hydrogens is 206 g/mol. The Morgan fingerprint density at radius 1 is 1.38 bits per heavy atom. The normalized spacial score (nSPS) is 9.81. The molecule has 1 N–H and O–H groups in total. The molecule has 5 heteroatoms. The van der Waals surface area contributed by atoms with Crippen molar-refractivity contribution < 1.29 is 9.53 Å². The highest BCUT2D eigenvalue weighted by atomic mass is 16.5. The highest BCUT2D eigenvalue weighted by Gasteiger charge is 1.99. The molecule has 0 saturated heterocycles. The molecule has 0 aliphatic rings. The first-order valence-electron chi connectivity index (χ1n) is 4.72. The summed E-state index contributed by atoms with van der Waals surface area (Å²) in [6.45, 7) is 0. The van der Waals surface area contributed by atoms with Gasteiger partial charge < -0.3 is 14.6 Å². The first kappa shape index (κ1) is 10.2. The number of amides is 1. The maximum Gasteiger partial charge on any atom is 0.212 e. The fourth-order valence-electron chi connectivity index (χ4n) is 1.35. The second-order valence-electron chi connectivity index (χ2n) is 3.13. The molecule has 16 heavy (non-hydrogen) atoms. The number of benzene rings is 1. The Labute approximate surface area is 92.7 Å². The van der Waals surface area contributed by atoms with Gasteiger partial charge in [-0.25, -0.2) is 4.98 Å². The summed E-state index contributed by atoms with van der Waals surface area (Å²) in [6.07, 6.45) is 3.96. The summed E-state index contributed by atoms with van der Waals surface area (Å²) >= 11 is 0. The van der Waals surface area contributed by atoms with Crippen molar-refractivity contribution in [2.45, 2.75) is 0 Å². The van der Waals surface area contributed by atoms with Gasteiger partial charge in [0.25, 0.3) is 0 Å². The molecule has 2 aromatic rings. The molecule has 0 atom stereocenters. The van der Waals surface area contributed by atoms with Crippen LogP contribution in [-0.2, 0) is 4.79 Å². The molecule has 0 fully saturated rings. The van der Waals surface area contributed by atoms with Crippen LogP contribution in [0, 0.1) is 0 Å².